The fourth-order valence-corrected chi connectivity index (χ4v) is 2.17. The summed E-state index contributed by atoms with van der Waals surface area (Å²) in [5, 5.41) is 21.7. The summed E-state index contributed by atoms with van der Waals surface area (Å²) in [5.74, 6) is -0.732. The van der Waals surface area contributed by atoms with Crippen molar-refractivity contribution in [2.24, 2.45) is 0 Å². The molecular weight excluding hydrogens is 324 g/mol. The van der Waals surface area contributed by atoms with Crippen molar-refractivity contribution in [3.8, 4) is 5.75 Å². The monoisotopic (exact) mass is 334 g/mol. The lowest BCUT2D eigenvalue weighted by Gasteiger charge is -2.05. The molecule has 2 aromatic carbocycles. The van der Waals surface area contributed by atoms with E-state index < -0.39 is 27.2 Å². The van der Waals surface area contributed by atoms with Gasteiger partial charge in [-0.25, -0.2) is 4.79 Å². The van der Waals surface area contributed by atoms with Crippen molar-refractivity contribution in [3.05, 3.63) is 68.3 Å². The highest BCUT2D eigenvalue weighted by Gasteiger charge is 2.25. The first-order valence-corrected chi connectivity index (χ1v) is 7.44. The van der Waals surface area contributed by atoms with Crippen LogP contribution in [-0.4, -0.2) is 22.1 Å². The molecule has 2 aromatic rings. The second-order valence-corrected chi connectivity index (χ2v) is 5.16. The zero-order valence-electron chi connectivity index (χ0n) is 11.8. The second kappa shape index (κ2) is 6.88. The largest absolute Gasteiger partial charge is 0.423 e. The van der Waals surface area contributed by atoms with Gasteiger partial charge in [0.1, 0.15) is 11.3 Å². The standard InChI is InChI=1S/C14H10N2O6S/c1-23-11-5-3-10(4-6-11)22-14(17)12-7-2-9(15(18)19)8-13(12)16(20)21/h2-8H,1H3. The molecular formula is C14H10N2O6S. The zero-order valence-corrected chi connectivity index (χ0v) is 12.6. The predicted molar refractivity (Wildman–Crippen MR) is 82.9 cm³/mol. The van der Waals surface area contributed by atoms with E-state index >= 15 is 0 Å². The number of esters is 1. The normalized spacial score (nSPS) is 10.1. The molecule has 9 heteroatoms. The van der Waals surface area contributed by atoms with Crippen molar-refractivity contribution in [1.29, 1.82) is 0 Å². The summed E-state index contributed by atoms with van der Waals surface area (Å²) in [6.07, 6.45) is 1.89. The first-order valence-electron chi connectivity index (χ1n) is 6.21. The summed E-state index contributed by atoms with van der Waals surface area (Å²) in [7, 11) is 0. The minimum Gasteiger partial charge on any atom is -0.423 e. The lowest BCUT2D eigenvalue weighted by atomic mass is 10.1. The molecule has 0 aliphatic heterocycles. The van der Waals surface area contributed by atoms with Crippen molar-refractivity contribution >= 4 is 29.1 Å². The summed E-state index contributed by atoms with van der Waals surface area (Å²) in [6, 6.07) is 9.33. The number of thioether (sulfide) groups is 1. The van der Waals surface area contributed by atoms with Gasteiger partial charge in [0.2, 0.25) is 0 Å². The predicted octanol–water partition coefficient (Wildman–Crippen LogP) is 3.44. The Labute approximate surface area is 134 Å². The Balaban J connectivity index is 2.30. The van der Waals surface area contributed by atoms with Crippen LogP contribution < -0.4 is 4.74 Å². The van der Waals surface area contributed by atoms with Gasteiger partial charge in [0, 0.05) is 11.0 Å². The Morgan fingerprint density at radius 2 is 1.70 bits per heavy atom. The fraction of sp³-hybridized carbons (Fsp3) is 0.0714. The SMILES string of the molecule is CSc1ccc(OC(=O)c2ccc([N+](=O)[O-])cc2[N+](=O)[O-])cc1. The Morgan fingerprint density at radius 3 is 2.22 bits per heavy atom. The third kappa shape index (κ3) is 3.83. The van der Waals surface area contributed by atoms with Gasteiger partial charge in [-0.1, -0.05) is 0 Å². The molecule has 0 bridgehead atoms. The highest BCUT2D eigenvalue weighted by Crippen LogP contribution is 2.26. The van der Waals surface area contributed by atoms with E-state index in [-0.39, 0.29) is 11.3 Å². The van der Waals surface area contributed by atoms with Gasteiger partial charge >= 0.3 is 5.97 Å². The quantitative estimate of drug-likeness (QED) is 0.270. The van der Waals surface area contributed by atoms with E-state index in [2.05, 4.69) is 0 Å². The van der Waals surface area contributed by atoms with E-state index in [4.69, 9.17) is 4.74 Å². The van der Waals surface area contributed by atoms with Crippen molar-refractivity contribution in [2.75, 3.05) is 6.26 Å². The van der Waals surface area contributed by atoms with E-state index in [1.807, 2.05) is 6.26 Å². The number of nitro benzene ring substituents is 2. The molecule has 118 valence electrons. The van der Waals surface area contributed by atoms with Crippen LogP contribution in [-0.2, 0) is 0 Å². The van der Waals surface area contributed by atoms with Crippen LogP contribution >= 0.6 is 11.8 Å². The average molecular weight is 334 g/mol. The van der Waals surface area contributed by atoms with Crippen LogP contribution in [0, 0.1) is 20.2 Å². The molecule has 0 aromatic heterocycles. The summed E-state index contributed by atoms with van der Waals surface area (Å²) in [4.78, 5) is 33.1. The molecule has 0 saturated heterocycles. The molecule has 0 amide bonds. The molecule has 0 heterocycles. The third-order valence-electron chi connectivity index (χ3n) is 2.88. The van der Waals surface area contributed by atoms with Crippen molar-refractivity contribution in [1.82, 2.24) is 0 Å². The number of ether oxygens (including phenoxy) is 1. The van der Waals surface area contributed by atoms with Gasteiger partial charge in [-0.15, -0.1) is 11.8 Å². The molecule has 23 heavy (non-hydrogen) atoms. The molecule has 0 N–H and O–H groups in total. The molecule has 0 atom stereocenters. The summed E-state index contributed by atoms with van der Waals surface area (Å²) < 4.78 is 5.07. The van der Waals surface area contributed by atoms with E-state index in [0.29, 0.717) is 0 Å². The van der Waals surface area contributed by atoms with Gasteiger partial charge in [0.05, 0.1) is 15.9 Å². The van der Waals surface area contributed by atoms with Gasteiger partial charge in [-0.2, -0.15) is 0 Å². The summed E-state index contributed by atoms with van der Waals surface area (Å²) in [6.45, 7) is 0. The van der Waals surface area contributed by atoms with Crippen LogP contribution in [0.4, 0.5) is 11.4 Å². The number of carbonyl (C=O) groups excluding carboxylic acids is 1. The minimum atomic E-state index is -0.955. The van der Waals surface area contributed by atoms with E-state index in [0.717, 1.165) is 23.1 Å². The number of non-ortho nitro benzene ring substituents is 1. The van der Waals surface area contributed by atoms with Gasteiger partial charge in [-0.05, 0) is 36.6 Å². The zero-order chi connectivity index (χ0) is 17.0. The van der Waals surface area contributed by atoms with Crippen LogP contribution in [0.3, 0.4) is 0 Å². The molecule has 0 saturated carbocycles. The maximum Gasteiger partial charge on any atom is 0.350 e. The number of hydrogen-bond acceptors (Lipinski definition) is 7. The summed E-state index contributed by atoms with van der Waals surface area (Å²) in [5.41, 5.74) is -1.50. The molecule has 0 aliphatic carbocycles. The first kappa shape index (κ1) is 16.4. The fourth-order valence-electron chi connectivity index (χ4n) is 1.76. The van der Waals surface area contributed by atoms with Gasteiger partial charge in [0.25, 0.3) is 11.4 Å². The molecule has 2 rings (SSSR count). The van der Waals surface area contributed by atoms with Crippen LogP contribution in [0.1, 0.15) is 10.4 Å². The maximum atomic E-state index is 12.1. The number of hydrogen-bond donors (Lipinski definition) is 0. The number of rotatable bonds is 5. The maximum absolute atomic E-state index is 12.1. The van der Waals surface area contributed by atoms with Gasteiger partial charge in [-0.3, -0.25) is 20.2 Å². The van der Waals surface area contributed by atoms with Crippen LogP contribution in [0.5, 0.6) is 5.75 Å². The van der Waals surface area contributed by atoms with E-state index in [1.165, 1.54) is 11.8 Å². The van der Waals surface area contributed by atoms with Gasteiger partial charge in [0.15, 0.2) is 0 Å². The first-order chi connectivity index (χ1) is 10.9. The Morgan fingerprint density at radius 1 is 1.04 bits per heavy atom. The van der Waals surface area contributed by atoms with Crippen LogP contribution in [0.25, 0.3) is 0 Å². The smallest absolute Gasteiger partial charge is 0.350 e. The Kier molecular flexibility index (Phi) is 4.91. The van der Waals surface area contributed by atoms with Crippen molar-refractivity contribution in [2.45, 2.75) is 4.90 Å². The lowest BCUT2D eigenvalue weighted by Crippen LogP contribution is -2.11. The minimum absolute atomic E-state index is 0.223. The van der Waals surface area contributed by atoms with Crippen molar-refractivity contribution in [3.63, 3.8) is 0 Å². The number of nitrogens with zero attached hydrogens (tertiary/aromatic N) is 2. The molecule has 0 unspecified atom stereocenters. The van der Waals surface area contributed by atoms with E-state index in [9.17, 15) is 25.0 Å². The van der Waals surface area contributed by atoms with Crippen LogP contribution in [0.15, 0.2) is 47.4 Å². The summed E-state index contributed by atoms with van der Waals surface area (Å²) >= 11 is 1.51. The van der Waals surface area contributed by atoms with Gasteiger partial charge < -0.3 is 4.74 Å². The highest BCUT2D eigenvalue weighted by molar-refractivity contribution is 7.98. The second-order valence-electron chi connectivity index (χ2n) is 4.28. The molecule has 0 aliphatic rings. The lowest BCUT2D eigenvalue weighted by molar-refractivity contribution is -0.394. The number of carbonyl (C=O) groups is 1. The average Bonchev–Trinajstić information content (AvgIpc) is 2.54. The Hall–Kier alpha value is -2.94. The highest BCUT2D eigenvalue weighted by atomic mass is 32.2. The molecule has 0 radical (unpaired) electrons. The molecule has 0 spiro atoms. The number of nitro groups is 2. The van der Waals surface area contributed by atoms with Crippen LogP contribution in [0.2, 0.25) is 0 Å². The van der Waals surface area contributed by atoms with E-state index in [1.54, 1.807) is 24.3 Å². The Bertz CT molecular complexity index is 775. The third-order valence-corrected chi connectivity index (χ3v) is 3.62. The molecule has 8 nitrogen and oxygen atoms in total. The topological polar surface area (TPSA) is 113 Å². The molecule has 0 fully saturated rings. The number of benzene rings is 2. The van der Waals surface area contributed by atoms with Crippen molar-refractivity contribution < 1.29 is 19.4 Å².